The van der Waals surface area contributed by atoms with Crippen molar-refractivity contribution in [2.75, 3.05) is 25.0 Å². The van der Waals surface area contributed by atoms with Gasteiger partial charge in [-0.15, -0.1) is 0 Å². The smallest absolute Gasteiger partial charge is 0.269 e. The van der Waals surface area contributed by atoms with Gasteiger partial charge in [0, 0.05) is 30.9 Å². The SMILES string of the molecule is CN(C(=O)CN1CCC[C@H]1c1ccsc1)c1ccc([N+](=O)[O-])cc1. The van der Waals surface area contributed by atoms with E-state index >= 15 is 0 Å². The topological polar surface area (TPSA) is 66.7 Å². The molecule has 7 heteroatoms. The number of rotatable bonds is 5. The number of hydrogen-bond acceptors (Lipinski definition) is 5. The van der Waals surface area contributed by atoms with Crippen LogP contribution in [0.3, 0.4) is 0 Å². The standard InChI is InChI=1S/C17H19N3O3S/c1-18(14-4-6-15(7-5-14)20(22)23)17(21)11-19-9-2-3-16(19)13-8-10-24-12-13/h4-8,10,12,16H,2-3,9,11H2,1H3/t16-/m0/s1. The Hall–Kier alpha value is -2.25. The number of hydrogen-bond donors (Lipinski definition) is 0. The van der Waals surface area contributed by atoms with Crippen LogP contribution in [0, 0.1) is 10.1 Å². The van der Waals surface area contributed by atoms with Crippen LogP contribution in [0.1, 0.15) is 24.4 Å². The third-order valence-corrected chi connectivity index (χ3v) is 5.15. The first-order valence-corrected chi connectivity index (χ1v) is 8.77. The monoisotopic (exact) mass is 345 g/mol. The molecular formula is C17H19N3O3S. The van der Waals surface area contributed by atoms with Crippen molar-refractivity contribution < 1.29 is 9.72 Å². The van der Waals surface area contributed by atoms with Crippen LogP contribution in [0.25, 0.3) is 0 Å². The van der Waals surface area contributed by atoms with Crippen LogP contribution in [0.15, 0.2) is 41.1 Å². The van der Waals surface area contributed by atoms with Crippen molar-refractivity contribution in [3.63, 3.8) is 0 Å². The van der Waals surface area contributed by atoms with Gasteiger partial charge in [0.05, 0.1) is 11.5 Å². The summed E-state index contributed by atoms with van der Waals surface area (Å²) >= 11 is 1.68. The highest BCUT2D eigenvalue weighted by Gasteiger charge is 2.28. The number of nitrogens with zero attached hydrogens (tertiary/aromatic N) is 3. The molecule has 0 unspecified atom stereocenters. The van der Waals surface area contributed by atoms with Crippen molar-refractivity contribution in [3.8, 4) is 0 Å². The first kappa shape index (κ1) is 16.6. The number of likely N-dealkylation sites (tertiary alicyclic amines) is 1. The first-order valence-electron chi connectivity index (χ1n) is 7.83. The highest BCUT2D eigenvalue weighted by molar-refractivity contribution is 7.07. The molecule has 1 amide bonds. The van der Waals surface area contributed by atoms with Crippen molar-refractivity contribution in [1.82, 2.24) is 4.90 Å². The van der Waals surface area contributed by atoms with E-state index in [1.54, 1.807) is 35.4 Å². The number of likely N-dealkylation sites (N-methyl/N-ethyl adjacent to an activating group) is 1. The summed E-state index contributed by atoms with van der Waals surface area (Å²) in [7, 11) is 1.71. The molecule has 0 spiro atoms. The normalized spacial score (nSPS) is 17.8. The van der Waals surface area contributed by atoms with Gasteiger partial charge in [-0.3, -0.25) is 19.8 Å². The lowest BCUT2D eigenvalue weighted by atomic mass is 10.1. The molecule has 0 N–H and O–H groups in total. The molecule has 126 valence electrons. The lowest BCUT2D eigenvalue weighted by molar-refractivity contribution is -0.384. The van der Waals surface area contributed by atoms with Gasteiger partial charge in [-0.25, -0.2) is 0 Å². The fourth-order valence-corrected chi connectivity index (χ4v) is 3.79. The van der Waals surface area contributed by atoms with E-state index < -0.39 is 4.92 Å². The molecule has 6 nitrogen and oxygen atoms in total. The van der Waals surface area contributed by atoms with E-state index in [9.17, 15) is 14.9 Å². The highest BCUT2D eigenvalue weighted by atomic mass is 32.1. The number of anilines is 1. The molecular weight excluding hydrogens is 326 g/mol. The van der Waals surface area contributed by atoms with E-state index in [1.165, 1.54) is 17.7 Å². The average molecular weight is 345 g/mol. The second-order valence-electron chi connectivity index (χ2n) is 5.91. The van der Waals surface area contributed by atoms with Gasteiger partial charge in [-0.2, -0.15) is 11.3 Å². The molecule has 2 aromatic rings. The number of carbonyl (C=O) groups is 1. The minimum absolute atomic E-state index is 0.00835. The molecule has 1 fully saturated rings. The van der Waals surface area contributed by atoms with E-state index in [1.807, 2.05) is 0 Å². The Kier molecular flexibility index (Phi) is 4.92. The summed E-state index contributed by atoms with van der Waals surface area (Å²) in [5.74, 6) is -0.00835. The van der Waals surface area contributed by atoms with Gasteiger partial charge in [0.2, 0.25) is 5.91 Å². The molecule has 1 aliphatic rings. The van der Waals surface area contributed by atoms with E-state index in [2.05, 4.69) is 21.7 Å². The maximum absolute atomic E-state index is 12.6. The van der Waals surface area contributed by atoms with Crippen molar-refractivity contribution in [3.05, 3.63) is 56.8 Å². The van der Waals surface area contributed by atoms with E-state index in [4.69, 9.17) is 0 Å². The lowest BCUT2D eigenvalue weighted by Gasteiger charge is -2.26. The third kappa shape index (κ3) is 3.47. The van der Waals surface area contributed by atoms with Gasteiger partial charge >= 0.3 is 0 Å². The molecule has 1 aromatic carbocycles. The molecule has 1 aromatic heterocycles. The Bertz CT molecular complexity index is 715. The molecule has 3 rings (SSSR count). The predicted molar refractivity (Wildman–Crippen MR) is 94.4 cm³/mol. The Balaban J connectivity index is 1.66. The average Bonchev–Trinajstić information content (AvgIpc) is 3.25. The second kappa shape index (κ2) is 7.11. The lowest BCUT2D eigenvalue weighted by Crippen LogP contribution is -2.38. The highest BCUT2D eigenvalue weighted by Crippen LogP contribution is 2.33. The van der Waals surface area contributed by atoms with Crippen LogP contribution in [0.2, 0.25) is 0 Å². The Morgan fingerprint density at radius 1 is 1.38 bits per heavy atom. The van der Waals surface area contributed by atoms with Crippen molar-refractivity contribution >= 4 is 28.6 Å². The molecule has 0 saturated carbocycles. The molecule has 2 heterocycles. The molecule has 1 atom stereocenters. The van der Waals surface area contributed by atoms with E-state index in [0.717, 1.165) is 19.4 Å². The number of non-ortho nitro benzene ring substituents is 1. The number of benzene rings is 1. The Labute approximate surface area is 144 Å². The van der Waals surface area contributed by atoms with Crippen molar-refractivity contribution in [2.24, 2.45) is 0 Å². The number of amides is 1. The van der Waals surface area contributed by atoms with Crippen LogP contribution in [0.4, 0.5) is 11.4 Å². The van der Waals surface area contributed by atoms with E-state index in [-0.39, 0.29) is 11.6 Å². The second-order valence-corrected chi connectivity index (χ2v) is 6.69. The molecule has 0 aliphatic carbocycles. The maximum Gasteiger partial charge on any atom is 0.269 e. The number of thiophene rings is 1. The van der Waals surface area contributed by atoms with Gasteiger partial charge in [0.25, 0.3) is 5.69 Å². The maximum atomic E-state index is 12.6. The van der Waals surface area contributed by atoms with Crippen LogP contribution in [-0.2, 0) is 4.79 Å². The van der Waals surface area contributed by atoms with E-state index in [0.29, 0.717) is 18.3 Å². The summed E-state index contributed by atoms with van der Waals surface area (Å²) < 4.78 is 0. The van der Waals surface area contributed by atoms with Gasteiger partial charge in [0.1, 0.15) is 0 Å². The summed E-state index contributed by atoms with van der Waals surface area (Å²) in [6.07, 6.45) is 2.17. The largest absolute Gasteiger partial charge is 0.314 e. The molecule has 24 heavy (non-hydrogen) atoms. The summed E-state index contributed by atoms with van der Waals surface area (Å²) in [6.45, 7) is 1.27. The number of carbonyl (C=O) groups excluding carboxylic acids is 1. The van der Waals surface area contributed by atoms with Crippen LogP contribution >= 0.6 is 11.3 Å². The van der Waals surface area contributed by atoms with Crippen LogP contribution in [0.5, 0.6) is 0 Å². The molecule has 0 radical (unpaired) electrons. The third-order valence-electron chi connectivity index (χ3n) is 4.45. The van der Waals surface area contributed by atoms with Gasteiger partial charge in [-0.1, -0.05) is 0 Å². The van der Waals surface area contributed by atoms with Gasteiger partial charge in [-0.05, 0) is 53.9 Å². The summed E-state index contributed by atoms with van der Waals surface area (Å²) in [5, 5.41) is 14.9. The predicted octanol–water partition coefficient (Wildman–Crippen LogP) is 3.46. The number of nitro benzene ring substituents is 1. The molecule has 1 aliphatic heterocycles. The summed E-state index contributed by atoms with van der Waals surface area (Å²) in [4.78, 5) is 26.6. The minimum atomic E-state index is -0.443. The minimum Gasteiger partial charge on any atom is -0.314 e. The molecule has 0 bridgehead atoms. The van der Waals surface area contributed by atoms with Crippen LogP contribution < -0.4 is 4.90 Å². The van der Waals surface area contributed by atoms with Crippen molar-refractivity contribution in [2.45, 2.75) is 18.9 Å². The zero-order chi connectivity index (χ0) is 17.1. The van der Waals surface area contributed by atoms with Crippen molar-refractivity contribution in [1.29, 1.82) is 0 Å². The first-order chi connectivity index (χ1) is 11.6. The fourth-order valence-electron chi connectivity index (χ4n) is 3.08. The quantitative estimate of drug-likeness (QED) is 0.615. The zero-order valence-electron chi connectivity index (χ0n) is 13.4. The van der Waals surface area contributed by atoms with Gasteiger partial charge in [0.15, 0.2) is 0 Å². The zero-order valence-corrected chi connectivity index (χ0v) is 14.2. The van der Waals surface area contributed by atoms with Gasteiger partial charge < -0.3 is 4.90 Å². The summed E-state index contributed by atoms with van der Waals surface area (Å²) in [5.41, 5.74) is 1.97. The Morgan fingerprint density at radius 2 is 2.12 bits per heavy atom. The Morgan fingerprint density at radius 3 is 2.75 bits per heavy atom. The number of nitro groups is 1. The van der Waals surface area contributed by atoms with Crippen LogP contribution in [-0.4, -0.2) is 35.9 Å². The molecule has 1 saturated heterocycles. The fraction of sp³-hybridized carbons (Fsp3) is 0.353. The summed E-state index contributed by atoms with van der Waals surface area (Å²) in [6, 6.07) is 8.49.